The Morgan fingerprint density at radius 3 is 2.60 bits per heavy atom. The number of pyridine rings is 1. The average Bonchev–Trinajstić information content (AvgIpc) is 3.09. The molecule has 2 aliphatic heterocycles. The summed E-state index contributed by atoms with van der Waals surface area (Å²) in [6.45, 7) is 5.39. The van der Waals surface area contributed by atoms with Gasteiger partial charge >= 0.3 is 0 Å². The molecule has 0 radical (unpaired) electrons. The maximum Gasteiger partial charge on any atom is 0.244 e. The first-order valence-corrected chi connectivity index (χ1v) is 14.0. The number of hydrogen-bond acceptors (Lipinski definition) is 8. The number of sulfone groups is 1. The zero-order valence-corrected chi connectivity index (χ0v) is 19.5. The highest BCUT2D eigenvalue weighted by atomic mass is 32.2. The minimum absolute atomic E-state index is 0.0102. The predicted molar refractivity (Wildman–Crippen MR) is 114 cm³/mol. The van der Waals surface area contributed by atoms with Gasteiger partial charge in [-0.15, -0.1) is 0 Å². The van der Waals surface area contributed by atoms with Crippen LogP contribution in [0.3, 0.4) is 0 Å². The Morgan fingerprint density at radius 2 is 2.07 bits per heavy atom. The first-order chi connectivity index (χ1) is 14.1. The molecule has 0 unspecified atom stereocenters. The molecule has 0 aromatic carbocycles. The topological polar surface area (TPSA) is 114 Å². The van der Waals surface area contributed by atoms with Crippen LogP contribution in [0.2, 0.25) is 0 Å². The average molecular weight is 478 g/mol. The molecule has 3 rings (SSSR count). The fraction of sp³-hybridized carbons (Fsp3) is 0.667. The largest absolute Gasteiger partial charge is 0.379 e. The summed E-state index contributed by atoms with van der Waals surface area (Å²) in [7, 11) is -6.69. The molecular formula is C18H27N3O6S3. The van der Waals surface area contributed by atoms with Crippen molar-refractivity contribution in [1.82, 2.24) is 14.2 Å². The standard InChI is InChI=1S/C18H27N3O6S3/c1-3-21(15-6-11-29(23,24)13-15)18(22)14(2)28-17-5-4-16(12-19-17)30(25,26)20-7-9-27-10-8-20/h4-5,12,14-15H,3,6-11,13H2,1-2H3/t14-,15+/m0/s1. The van der Waals surface area contributed by atoms with Crippen LogP contribution in [-0.2, 0) is 29.4 Å². The van der Waals surface area contributed by atoms with Crippen molar-refractivity contribution >= 4 is 37.5 Å². The van der Waals surface area contributed by atoms with Crippen molar-refractivity contribution in [3.8, 4) is 0 Å². The monoisotopic (exact) mass is 477 g/mol. The Morgan fingerprint density at radius 1 is 1.37 bits per heavy atom. The van der Waals surface area contributed by atoms with E-state index in [4.69, 9.17) is 4.74 Å². The summed E-state index contributed by atoms with van der Waals surface area (Å²) in [5.74, 6) is -0.0173. The number of aromatic nitrogens is 1. The van der Waals surface area contributed by atoms with Gasteiger partial charge in [0, 0.05) is 31.9 Å². The van der Waals surface area contributed by atoms with E-state index in [1.54, 1.807) is 17.9 Å². The van der Waals surface area contributed by atoms with Gasteiger partial charge in [0.15, 0.2) is 9.84 Å². The van der Waals surface area contributed by atoms with Gasteiger partial charge in [-0.1, -0.05) is 11.8 Å². The van der Waals surface area contributed by atoms with Crippen LogP contribution in [0.1, 0.15) is 20.3 Å². The number of sulfonamides is 1. The van der Waals surface area contributed by atoms with Crippen molar-refractivity contribution < 1.29 is 26.4 Å². The highest BCUT2D eigenvalue weighted by Crippen LogP contribution is 2.27. The van der Waals surface area contributed by atoms with Gasteiger partial charge < -0.3 is 9.64 Å². The highest BCUT2D eigenvalue weighted by Gasteiger charge is 2.35. The summed E-state index contributed by atoms with van der Waals surface area (Å²) in [6, 6.07) is 2.81. The van der Waals surface area contributed by atoms with Crippen LogP contribution in [0.4, 0.5) is 0 Å². The molecule has 2 atom stereocenters. The second-order valence-electron chi connectivity index (χ2n) is 7.29. The Hall–Kier alpha value is -1.21. The molecule has 0 N–H and O–H groups in total. The molecule has 0 spiro atoms. The molecule has 2 fully saturated rings. The molecule has 1 amide bonds. The van der Waals surface area contributed by atoms with E-state index < -0.39 is 25.1 Å². The van der Waals surface area contributed by atoms with Gasteiger partial charge in [-0.25, -0.2) is 21.8 Å². The summed E-state index contributed by atoms with van der Waals surface area (Å²) < 4.78 is 55.4. The number of ether oxygens (including phenoxy) is 1. The first kappa shape index (κ1) is 23.5. The van der Waals surface area contributed by atoms with Crippen LogP contribution >= 0.6 is 11.8 Å². The Balaban J connectivity index is 1.65. The number of rotatable bonds is 7. The van der Waals surface area contributed by atoms with Crippen molar-refractivity contribution in [2.75, 3.05) is 44.4 Å². The Bertz CT molecular complexity index is 959. The van der Waals surface area contributed by atoms with Gasteiger partial charge in [0.25, 0.3) is 0 Å². The van der Waals surface area contributed by atoms with E-state index in [0.717, 1.165) is 0 Å². The molecule has 3 heterocycles. The van der Waals surface area contributed by atoms with Crippen molar-refractivity contribution in [2.45, 2.75) is 41.5 Å². The van der Waals surface area contributed by atoms with Gasteiger partial charge in [-0.2, -0.15) is 4.31 Å². The predicted octanol–water partition coefficient (Wildman–Crippen LogP) is 0.619. The summed E-state index contributed by atoms with van der Waals surface area (Å²) >= 11 is 1.23. The number of amides is 1. The smallest absolute Gasteiger partial charge is 0.244 e. The fourth-order valence-corrected chi connectivity index (χ4v) is 7.55. The Kier molecular flexibility index (Phi) is 7.44. The molecule has 2 saturated heterocycles. The maximum absolute atomic E-state index is 12.9. The number of carbonyl (C=O) groups excluding carboxylic acids is 1. The van der Waals surface area contributed by atoms with E-state index >= 15 is 0 Å². The SMILES string of the molecule is CCN(C(=O)[C@H](C)Sc1ccc(S(=O)(=O)N2CCOCC2)cn1)[C@@H]1CCS(=O)(=O)C1. The fourth-order valence-electron chi connectivity index (χ4n) is 3.61. The van der Waals surface area contributed by atoms with Crippen LogP contribution in [0.15, 0.2) is 28.3 Å². The molecule has 12 heteroatoms. The molecule has 1 aromatic heterocycles. The number of nitrogens with zero attached hydrogens (tertiary/aromatic N) is 3. The number of thioether (sulfide) groups is 1. The van der Waals surface area contributed by atoms with Gasteiger partial charge in [0.1, 0.15) is 4.90 Å². The van der Waals surface area contributed by atoms with Crippen LogP contribution in [-0.4, -0.2) is 92.6 Å². The van der Waals surface area contributed by atoms with Crippen molar-refractivity contribution in [3.63, 3.8) is 0 Å². The molecule has 0 saturated carbocycles. The minimum atomic E-state index is -3.61. The summed E-state index contributed by atoms with van der Waals surface area (Å²) in [4.78, 5) is 18.8. The number of hydrogen-bond donors (Lipinski definition) is 0. The highest BCUT2D eigenvalue weighted by molar-refractivity contribution is 8.00. The molecule has 1 aromatic rings. The van der Waals surface area contributed by atoms with E-state index in [2.05, 4.69) is 4.98 Å². The molecule has 9 nitrogen and oxygen atoms in total. The first-order valence-electron chi connectivity index (χ1n) is 9.85. The molecule has 0 bridgehead atoms. The van der Waals surface area contributed by atoms with Gasteiger partial charge in [0.2, 0.25) is 15.9 Å². The third-order valence-corrected chi connectivity index (χ3v) is 9.91. The third kappa shape index (κ3) is 5.34. The quantitative estimate of drug-likeness (QED) is 0.525. The van der Waals surface area contributed by atoms with E-state index in [1.165, 1.54) is 28.3 Å². The van der Waals surface area contributed by atoms with E-state index in [-0.39, 0.29) is 28.4 Å². The van der Waals surface area contributed by atoms with Gasteiger partial charge in [-0.05, 0) is 32.4 Å². The normalized spacial score (nSPS) is 23.2. The van der Waals surface area contributed by atoms with E-state index in [0.29, 0.717) is 44.3 Å². The third-order valence-electron chi connectivity index (χ3n) is 5.24. The van der Waals surface area contributed by atoms with Crippen LogP contribution in [0, 0.1) is 0 Å². The minimum Gasteiger partial charge on any atom is -0.379 e. The molecule has 2 aliphatic rings. The molecule has 0 aliphatic carbocycles. The van der Waals surface area contributed by atoms with Crippen LogP contribution < -0.4 is 0 Å². The van der Waals surface area contributed by atoms with Crippen molar-refractivity contribution in [1.29, 1.82) is 0 Å². The van der Waals surface area contributed by atoms with Crippen LogP contribution in [0.5, 0.6) is 0 Å². The lowest BCUT2D eigenvalue weighted by atomic mass is 10.2. The van der Waals surface area contributed by atoms with Gasteiger partial charge in [-0.3, -0.25) is 4.79 Å². The Labute approximate surface area is 182 Å². The summed E-state index contributed by atoms with van der Waals surface area (Å²) in [5.41, 5.74) is 0. The second kappa shape index (κ2) is 9.51. The number of carbonyl (C=O) groups is 1. The summed E-state index contributed by atoms with van der Waals surface area (Å²) in [6.07, 6.45) is 1.77. The van der Waals surface area contributed by atoms with Crippen molar-refractivity contribution in [3.05, 3.63) is 18.3 Å². The van der Waals surface area contributed by atoms with Crippen LogP contribution in [0.25, 0.3) is 0 Å². The maximum atomic E-state index is 12.9. The number of morpholine rings is 1. The van der Waals surface area contributed by atoms with E-state index in [9.17, 15) is 21.6 Å². The van der Waals surface area contributed by atoms with Gasteiger partial charge in [0.05, 0.1) is 35.0 Å². The zero-order valence-electron chi connectivity index (χ0n) is 17.1. The summed E-state index contributed by atoms with van der Waals surface area (Å²) in [5, 5.41) is 0.0642. The second-order valence-corrected chi connectivity index (χ2v) is 12.8. The lowest BCUT2D eigenvalue weighted by Gasteiger charge is -2.29. The molecule has 168 valence electrons. The lowest BCUT2D eigenvalue weighted by Crippen LogP contribution is -2.44. The van der Waals surface area contributed by atoms with Crippen molar-refractivity contribution in [2.24, 2.45) is 0 Å². The lowest BCUT2D eigenvalue weighted by molar-refractivity contribution is -0.131. The molecular weight excluding hydrogens is 450 g/mol. The van der Waals surface area contributed by atoms with E-state index in [1.807, 2.05) is 6.92 Å². The zero-order chi connectivity index (χ0) is 21.9. The molecule has 30 heavy (non-hydrogen) atoms.